The van der Waals surface area contributed by atoms with Crippen LogP contribution in [0.3, 0.4) is 0 Å². The van der Waals surface area contributed by atoms with Crippen molar-refractivity contribution < 1.29 is 10.2 Å². The maximum atomic E-state index is 10.8. The molecule has 102 valence electrons. The molecule has 1 rings (SSSR count). The van der Waals surface area contributed by atoms with Crippen molar-refractivity contribution in [2.75, 3.05) is 6.54 Å². The summed E-state index contributed by atoms with van der Waals surface area (Å²) in [6.45, 7) is 4.53. The minimum Gasteiger partial charge on any atom is -0.508 e. The maximum absolute atomic E-state index is 10.8. The number of nitrogens with two attached hydrogens (primary N) is 1. The van der Waals surface area contributed by atoms with Gasteiger partial charge in [0.1, 0.15) is 5.75 Å². The number of benzene rings is 1. The second kappa shape index (κ2) is 6.76. The molecule has 0 aliphatic rings. The van der Waals surface area contributed by atoms with Crippen LogP contribution in [0.25, 0.3) is 0 Å². The fourth-order valence-corrected chi connectivity index (χ4v) is 2.45. The van der Waals surface area contributed by atoms with Gasteiger partial charge in [-0.15, -0.1) is 0 Å². The Hall–Kier alpha value is -1.06. The molecule has 3 heteroatoms. The van der Waals surface area contributed by atoms with E-state index >= 15 is 0 Å². The van der Waals surface area contributed by atoms with Crippen LogP contribution in [0, 0.1) is 0 Å². The number of unbranched alkanes of at least 4 members (excludes halogenated alkanes) is 1. The molecular weight excluding hydrogens is 226 g/mol. The SMILES string of the molecule is CCCCC(O)(CC)C(CN)c1ccc(O)cc1. The van der Waals surface area contributed by atoms with Crippen LogP contribution in [0.2, 0.25) is 0 Å². The van der Waals surface area contributed by atoms with Crippen LogP contribution in [0.4, 0.5) is 0 Å². The Kier molecular flexibility index (Phi) is 5.63. The lowest BCUT2D eigenvalue weighted by Crippen LogP contribution is -2.39. The molecule has 0 aliphatic heterocycles. The lowest BCUT2D eigenvalue weighted by molar-refractivity contribution is 0.000119. The highest BCUT2D eigenvalue weighted by Gasteiger charge is 2.34. The number of hydrogen-bond acceptors (Lipinski definition) is 3. The third kappa shape index (κ3) is 3.47. The molecule has 0 bridgehead atoms. The number of aliphatic hydroxyl groups is 1. The zero-order valence-electron chi connectivity index (χ0n) is 11.4. The van der Waals surface area contributed by atoms with Crippen molar-refractivity contribution in [3.63, 3.8) is 0 Å². The number of rotatable bonds is 7. The third-order valence-electron chi connectivity index (χ3n) is 3.76. The van der Waals surface area contributed by atoms with E-state index in [-0.39, 0.29) is 11.7 Å². The first-order valence-electron chi connectivity index (χ1n) is 6.78. The maximum Gasteiger partial charge on any atom is 0.115 e. The number of aromatic hydroxyl groups is 1. The van der Waals surface area contributed by atoms with Crippen LogP contribution >= 0.6 is 0 Å². The summed E-state index contributed by atoms with van der Waals surface area (Å²) in [5.41, 5.74) is 6.10. The van der Waals surface area contributed by atoms with Gasteiger partial charge in [0.05, 0.1) is 5.60 Å². The van der Waals surface area contributed by atoms with E-state index < -0.39 is 5.60 Å². The first kappa shape index (κ1) is 15.0. The van der Waals surface area contributed by atoms with Gasteiger partial charge in [0.25, 0.3) is 0 Å². The fourth-order valence-electron chi connectivity index (χ4n) is 2.45. The van der Waals surface area contributed by atoms with E-state index in [1.807, 2.05) is 19.1 Å². The summed E-state index contributed by atoms with van der Waals surface area (Å²) in [6.07, 6.45) is 3.52. The van der Waals surface area contributed by atoms with Gasteiger partial charge in [-0.3, -0.25) is 0 Å². The molecular formula is C15H25NO2. The van der Waals surface area contributed by atoms with Gasteiger partial charge in [0.15, 0.2) is 0 Å². The van der Waals surface area contributed by atoms with Gasteiger partial charge in [-0.05, 0) is 30.5 Å². The standard InChI is InChI=1S/C15H25NO2/c1-3-5-10-15(18,4-2)14(11-16)12-6-8-13(17)9-7-12/h6-9,14,17-18H,3-5,10-11,16H2,1-2H3. The summed E-state index contributed by atoms with van der Waals surface area (Å²) in [4.78, 5) is 0. The minimum absolute atomic E-state index is 0.0744. The molecule has 1 aromatic rings. The highest BCUT2D eigenvalue weighted by Crippen LogP contribution is 2.35. The Labute approximate surface area is 110 Å². The molecule has 0 saturated heterocycles. The van der Waals surface area contributed by atoms with Crippen LogP contribution in [-0.4, -0.2) is 22.4 Å². The summed E-state index contributed by atoms with van der Waals surface area (Å²) in [5, 5.41) is 20.1. The van der Waals surface area contributed by atoms with Crippen molar-refractivity contribution in [3.8, 4) is 5.75 Å². The monoisotopic (exact) mass is 251 g/mol. The topological polar surface area (TPSA) is 66.5 Å². The second-order valence-corrected chi connectivity index (χ2v) is 4.94. The molecule has 0 heterocycles. The van der Waals surface area contributed by atoms with E-state index in [9.17, 15) is 10.2 Å². The molecule has 0 aliphatic carbocycles. The molecule has 0 aromatic heterocycles. The first-order chi connectivity index (χ1) is 8.57. The number of hydrogen-bond donors (Lipinski definition) is 3. The summed E-state index contributed by atoms with van der Waals surface area (Å²) in [6, 6.07) is 6.99. The smallest absolute Gasteiger partial charge is 0.115 e. The zero-order valence-corrected chi connectivity index (χ0v) is 11.4. The molecule has 0 spiro atoms. The predicted octanol–water partition coefficient (Wildman–Crippen LogP) is 2.77. The van der Waals surface area contributed by atoms with E-state index in [0.29, 0.717) is 13.0 Å². The average Bonchev–Trinajstić information content (AvgIpc) is 2.39. The average molecular weight is 251 g/mol. The first-order valence-corrected chi connectivity index (χ1v) is 6.78. The van der Waals surface area contributed by atoms with E-state index in [4.69, 9.17) is 5.73 Å². The van der Waals surface area contributed by atoms with Crippen molar-refractivity contribution in [3.05, 3.63) is 29.8 Å². The lowest BCUT2D eigenvalue weighted by atomic mass is 9.77. The van der Waals surface area contributed by atoms with Crippen LogP contribution in [0.5, 0.6) is 5.75 Å². The van der Waals surface area contributed by atoms with Crippen molar-refractivity contribution >= 4 is 0 Å². The van der Waals surface area contributed by atoms with E-state index in [2.05, 4.69) is 6.92 Å². The largest absolute Gasteiger partial charge is 0.508 e. The molecule has 2 unspecified atom stereocenters. The van der Waals surface area contributed by atoms with Gasteiger partial charge in [0, 0.05) is 12.5 Å². The Morgan fingerprint density at radius 3 is 2.28 bits per heavy atom. The van der Waals surface area contributed by atoms with Crippen LogP contribution in [0.15, 0.2) is 24.3 Å². The fraction of sp³-hybridized carbons (Fsp3) is 0.600. The Balaban J connectivity index is 2.95. The predicted molar refractivity (Wildman–Crippen MR) is 74.7 cm³/mol. The molecule has 0 fully saturated rings. The van der Waals surface area contributed by atoms with Gasteiger partial charge in [-0.1, -0.05) is 38.8 Å². The van der Waals surface area contributed by atoms with Crippen LogP contribution < -0.4 is 5.73 Å². The van der Waals surface area contributed by atoms with E-state index in [1.165, 1.54) is 0 Å². The summed E-state index contributed by atoms with van der Waals surface area (Å²) in [7, 11) is 0. The van der Waals surface area contributed by atoms with Crippen molar-refractivity contribution in [2.24, 2.45) is 5.73 Å². The quantitative estimate of drug-likeness (QED) is 0.698. The summed E-state index contributed by atoms with van der Waals surface area (Å²) in [5.74, 6) is 0.165. The number of phenols is 1. The van der Waals surface area contributed by atoms with E-state index in [0.717, 1.165) is 24.8 Å². The molecule has 2 atom stereocenters. The van der Waals surface area contributed by atoms with Gasteiger partial charge < -0.3 is 15.9 Å². The summed E-state index contributed by atoms with van der Waals surface area (Å²) >= 11 is 0. The highest BCUT2D eigenvalue weighted by atomic mass is 16.3. The molecule has 3 nitrogen and oxygen atoms in total. The van der Waals surface area contributed by atoms with E-state index in [1.54, 1.807) is 12.1 Å². The van der Waals surface area contributed by atoms with Gasteiger partial charge in [0.2, 0.25) is 0 Å². The number of phenolic OH excluding ortho intramolecular Hbond substituents is 1. The van der Waals surface area contributed by atoms with Crippen molar-refractivity contribution in [2.45, 2.75) is 51.0 Å². The Bertz CT molecular complexity index is 350. The molecule has 4 N–H and O–H groups in total. The van der Waals surface area contributed by atoms with Crippen molar-refractivity contribution in [1.82, 2.24) is 0 Å². The minimum atomic E-state index is -0.748. The molecule has 0 radical (unpaired) electrons. The molecule has 1 aromatic carbocycles. The van der Waals surface area contributed by atoms with Crippen molar-refractivity contribution in [1.29, 1.82) is 0 Å². The normalized spacial score (nSPS) is 16.2. The third-order valence-corrected chi connectivity index (χ3v) is 3.76. The van der Waals surface area contributed by atoms with Gasteiger partial charge in [-0.25, -0.2) is 0 Å². The lowest BCUT2D eigenvalue weighted by Gasteiger charge is -2.35. The van der Waals surface area contributed by atoms with Gasteiger partial charge in [-0.2, -0.15) is 0 Å². The highest BCUT2D eigenvalue weighted by molar-refractivity contribution is 5.30. The molecule has 0 saturated carbocycles. The Morgan fingerprint density at radius 2 is 1.83 bits per heavy atom. The second-order valence-electron chi connectivity index (χ2n) is 4.94. The molecule has 0 amide bonds. The Morgan fingerprint density at radius 1 is 1.22 bits per heavy atom. The van der Waals surface area contributed by atoms with Gasteiger partial charge >= 0.3 is 0 Å². The molecule has 18 heavy (non-hydrogen) atoms. The van der Waals surface area contributed by atoms with Crippen LogP contribution in [0.1, 0.15) is 51.0 Å². The summed E-state index contributed by atoms with van der Waals surface area (Å²) < 4.78 is 0. The van der Waals surface area contributed by atoms with Crippen LogP contribution in [-0.2, 0) is 0 Å². The zero-order chi connectivity index (χ0) is 13.6.